The van der Waals surface area contributed by atoms with Crippen LogP contribution in [0.3, 0.4) is 0 Å². The van der Waals surface area contributed by atoms with E-state index in [4.69, 9.17) is 9.47 Å². The molecule has 1 amide bonds. The summed E-state index contributed by atoms with van der Waals surface area (Å²) in [5, 5.41) is 2.75. The van der Waals surface area contributed by atoms with E-state index < -0.39 is 0 Å². The molecule has 7 heteroatoms. The number of rotatable bonds is 7. The average molecular weight is 363 g/mol. The average Bonchev–Trinajstić information content (AvgIpc) is 3.14. The molecule has 26 heavy (non-hydrogen) atoms. The van der Waals surface area contributed by atoms with Gasteiger partial charge in [0.2, 0.25) is 5.91 Å². The highest BCUT2D eigenvalue weighted by Gasteiger charge is 2.25. The Kier molecular flexibility index (Phi) is 6.46. The van der Waals surface area contributed by atoms with Crippen molar-refractivity contribution >= 4 is 17.3 Å². The predicted molar refractivity (Wildman–Crippen MR) is 99.0 cm³/mol. The SMILES string of the molecule is C=CCNC(=O)CC[C@H]1CN(c2ccc(N3CCOCC3)c(F)c2)CO1. The lowest BCUT2D eigenvalue weighted by Crippen LogP contribution is -2.36. The Labute approximate surface area is 153 Å². The molecule has 2 aliphatic rings. The first-order valence-electron chi connectivity index (χ1n) is 9.04. The Morgan fingerprint density at radius 1 is 1.35 bits per heavy atom. The Bertz CT molecular complexity index is 634. The van der Waals surface area contributed by atoms with Gasteiger partial charge in [0.1, 0.15) is 12.5 Å². The lowest BCUT2D eigenvalue weighted by atomic mass is 10.1. The van der Waals surface area contributed by atoms with E-state index in [0.717, 1.165) is 5.69 Å². The number of morpholine rings is 1. The van der Waals surface area contributed by atoms with Gasteiger partial charge in [-0.15, -0.1) is 6.58 Å². The van der Waals surface area contributed by atoms with E-state index in [2.05, 4.69) is 11.9 Å². The highest BCUT2D eigenvalue weighted by Crippen LogP contribution is 2.28. The second kappa shape index (κ2) is 9.00. The summed E-state index contributed by atoms with van der Waals surface area (Å²) in [7, 11) is 0. The van der Waals surface area contributed by atoms with E-state index in [1.807, 2.05) is 21.9 Å². The van der Waals surface area contributed by atoms with Crippen LogP contribution < -0.4 is 15.1 Å². The van der Waals surface area contributed by atoms with Crippen LogP contribution in [-0.4, -0.2) is 58.1 Å². The minimum atomic E-state index is -0.225. The number of benzene rings is 1. The van der Waals surface area contributed by atoms with E-state index in [0.29, 0.717) is 64.7 Å². The fourth-order valence-corrected chi connectivity index (χ4v) is 3.22. The molecule has 1 aromatic carbocycles. The van der Waals surface area contributed by atoms with Crippen molar-refractivity contribution in [2.45, 2.75) is 18.9 Å². The van der Waals surface area contributed by atoms with Crippen molar-refractivity contribution in [2.75, 3.05) is 55.9 Å². The molecule has 1 aromatic rings. The second-order valence-electron chi connectivity index (χ2n) is 6.51. The number of amides is 1. The summed E-state index contributed by atoms with van der Waals surface area (Å²) in [5.74, 6) is -0.232. The second-order valence-corrected chi connectivity index (χ2v) is 6.51. The van der Waals surface area contributed by atoms with Gasteiger partial charge in [-0.25, -0.2) is 4.39 Å². The van der Waals surface area contributed by atoms with Crippen LogP contribution in [0, 0.1) is 5.82 Å². The summed E-state index contributed by atoms with van der Waals surface area (Å²) in [6, 6.07) is 5.32. The molecular weight excluding hydrogens is 337 g/mol. The van der Waals surface area contributed by atoms with Crippen molar-refractivity contribution in [3.05, 3.63) is 36.7 Å². The van der Waals surface area contributed by atoms with E-state index in [9.17, 15) is 9.18 Å². The normalized spacial score (nSPS) is 20.3. The van der Waals surface area contributed by atoms with Crippen molar-refractivity contribution in [3.63, 3.8) is 0 Å². The number of carbonyl (C=O) groups excluding carboxylic acids is 1. The van der Waals surface area contributed by atoms with Crippen LogP contribution in [0.2, 0.25) is 0 Å². The van der Waals surface area contributed by atoms with E-state index in [1.54, 1.807) is 12.1 Å². The predicted octanol–water partition coefficient (Wildman–Crippen LogP) is 1.91. The Balaban J connectivity index is 1.52. The lowest BCUT2D eigenvalue weighted by molar-refractivity contribution is -0.121. The van der Waals surface area contributed by atoms with Crippen LogP contribution in [-0.2, 0) is 14.3 Å². The van der Waals surface area contributed by atoms with Crippen molar-refractivity contribution in [1.29, 1.82) is 0 Å². The van der Waals surface area contributed by atoms with Crippen molar-refractivity contribution in [2.24, 2.45) is 0 Å². The third-order valence-corrected chi connectivity index (χ3v) is 4.68. The molecule has 2 heterocycles. The molecule has 1 atom stereocenters. The number of carbonyl (C=O) groups is 1. The molecule has 6 nitrogen and oxygen atoms in total. The summed E-state index contributed by atoms with van der Waals surface area (Å²) in [4.78, 5) is 15.7. The third-order valence-electron chi connectivity index (χ3n) is 4.68. The highest BCUT2D eigenvalue weighted by atomic mass is 19.1. The molecule has 0 saturated carbocycles. The Morgan fingerprint density at radius 2 is 2.15 bits per heavy atom. The van der Waals surface area contributed by atoms with Gasteiger partial charge in [-0.2, -0.15) is 0 Å². The quantitative estimate of drug-likeness (QED) is 0.750. The van der Waals surface area contributed by atoms with Crippen LogP contribution >= 0.6 is 0 Å². The van der Waals surface area contributed by atoms with Crippen LogP contribution in [0.1, 0.15) is 12.8 Å². The van der Waals surface area contributed by atoms with Gasteiger partial charge in [0, 0.05) is 38.3 Å². The van der Waals surface area contributed by atoms with Gasteiger partial charge >= 0.3 is 0 Å². The molecule has 1 N–H and O–H groups in total. The summed E-state index contributed by atoms with van der Waals surface area (Å²) < 4.78 is 25.6. The highest BCUT2D eigenvalue weighted by molar-refractivity contribution is 5.76. The number of halogens is 1. The van der Waals surface area contributed by atoms with E-state index >= 15 is 0 Å². The molecule has 3 rings (SSSR count). The third kappa shape index (κ3) is 4.74. The standard InChI is InChI=1S/C19H26FN3O3/c1-2-7-21-19(24)6-4-16-13-23(14-26-16)15-3-5-18(17(20)12-15)22-8-10-25-11-9-22/h2-3,5,12,16H,1,4,6-11,13-14H2,(H,21,24)/t16-/m0/s1. The van der Waals surface area contributed by atoms with Gasteiger partial charge in [-0.1, -0.05) is 6.08 Å². The monoisotopic (exact) mass is 363 g/mol. The smallest absolute Gasteiger partial charge is 0.220 e. The van der Waals surface area contributed by atoms with Crippen LogP contribution in [0.5, 0.6) is 0 Å². The molecule has 0 aromatic heterocycles. The van der Waals surface area contributed by atoms with Crippen LogP contribution in [0.4, 0.5) is 15.8 Å². The number of nitrogens with zero attached hydrogens (tertiary/aromatic N) is 2. The largest absolute Gasteiger partial charge is 0.378 e. The molecule has 2 saturated heterocycles. The number of anilines is 2. The van der Waals surface area contributed by atoms with E-state index in [1.165, 1.54) is 0 Å². The molecule has 0 unspecified atom stereocenters. The molecule has 0 spiro atoms. The van der Waals surface area contributed by atoms with Gasteiger partial charge in [0.25, 0.3) is 0 Å². The number of hydrogen-bond donors (Lipinski definition) is 1. The van der Waals surface area contributed by atoms with Crippen LogP contribution in [0.25, 0.3) is 0 Å². The summed E-state index contributed by atoms with van der Waals surface area (Å²) in [6.07, 6.45) is 2.69. The van der Waals surface area contributed by atoms with Crippen molar-refractivity contribution in [1.82, 2.24) is 5.32 Å². The van der Waals surface area contributed by atoms with Crippen LogP contribution in [0.15, 0.2) is 30.9 Å². The number of ether oxygens (including phenoxy) is 2. The maximum Gasteiger partial charge on any atom is 0.220 e. The summed E-state index contributed by atoms with van der Waals surface area (Å²) >= 11 is 0. The van der Waals surface area contributed by atoms with Gasteiger partial charge in [0.05, 0.1) is 25.0 Å². The van der Waals surface area contributed by atoms with Gasteiger partial charge in [-0.3, -0.25) is 4.79 Å². The molecule has 0 bridgehead atoms. The lowest BCUT2D eigenvalue weighted by Gasteiger charge is -2.29. The first-order chi connectivity index (χ1) is 12.7. The molecule has 2 aliphatic heterocycles. The maximum atomic E-state index is 14.5. The van der Waals surface area contributed by atoms with Crippen molar-refractivity contribution < 1.29 is 18.7 Å². The minimum Gasteiger partial charge on any atom is -0.378 e. The molecular formula is C19H26FN3O3. The summed E-state index contributed by atoms with van der Waals surface area (Å²) in [6.45, 7) is 7.79. The molecule has 0 radical (unpaired) electrons. The Hall–Kier alpha value is -2.12. The summed E-state index contributed by atoms with van der Waals surface area (Å²) in [5.41, 5.74) is 1.42. The minimum absolute atomic E-state index is 0.00661. The number of hydrogen-bond acceptors (Lipinski definition) is 5. The maximum absolute atomic E-state index is 14.5. The van der Waals surface area contributed by atoms with Gasteiger partial charge < -0.3 is 24.6 Å². The zero-order chi connectivity index (χ0) is 18.4. The topological polar surface area (TPSA) is 54.0 Å². The number of nitrogens with one attached hydrogen (secondary N) is 1. The molecule has 2 fully saturated rings. The zero-order valence-electron chi connectivity index (χ0n) is 15.0. The van der Waals surface area contributed by atoms with Crippen molar-refractivity contribution in [3.8, 4) is 0 Å². The fraction of sp³-hybridized carbons (Fsp3) is 0.526. The van der Waals surface area contributed by atoms with E-state index in [-0.39, 0.29) is 17.8 Å². The molecule has 0 aliphatic carbocycles. The fourth-order valence-electron chi connectivity index (χ4n) is 3.22. The van der Waals surface area contributed by atoms with Gasteiger partial charge in [-0.05, 0) is 24.6 Å². The molecule has 142 valence electrons. The first kappa shape index (κ1) is 18.7. The van der Waals surface area contributed by atoms with Gasteiger partial charge in [0.15, 0.2) is 0 Å². The zero-order valence-corrected chi connectivity index (χ0v) is 15.0. The first-order valence-corrected chi connectivity index (χ1v) is 9.04. The Morgan fingerprint density at radius 3 is 2.88 bits per heavy atom.